The normalized spacial score (nSPS) is 27.9. The van der Waals surface area contributed by atoms with Crippen molar-refractivity contribution in [3.05, 3.63) is 0 Å². The molecule has 5 saturated heterocycles. The van der Waals surface area contributed by atoms with Crippen molar-refractivity contribution in [3.63, 3.8) is 0 Å². The van der Waals surface area contributed by atoms with Gasteiger partial charge in [0, 0.05) is 44.8 Å². The Morgan fingerprint density at radius 2 is 1.14 bits per heavy atom. The molecular weight excluding hydrogens is 758 g/mol. The number of aliphatic hydroxyl groups excluding tert-OH is 2. The number of hydrogen-bond donors (Lipinski definition) is 9. The smallest absolute Gasteiger partial charge is 0.322 e. The van der Waals surface area contributed by atoms with E-state index in [0.29, 0.717) is 25.8 Å². The molecule has 5 heterocycles. The van der Waals surface area contributed by atoms with Crippen molar-refractivity contribution in [1.29, 1.82) is 0 Å². The minimum absolute atomic E-state index is 0.00588. The number of aliphatic hydroxyl groups is 2. The largest absolute Gasteiger partial charge is 0.480 e. The van der Waals surface area contributed by atoms with Crippen LogP contribution in [0.15, 0.2) is 0 Å². The van der Waals surface area contributed by atoms with Gasteiger partial charge in [-0.15, -0.1) is 0 Å². The number of aliphatic carboxylic acids is 1. The zero-order chi connectivity index (χ0) is 40.7. The Kier molecular flexibility index (Phi) is 14.5. The summed E-state index contributed by atoms with van der Waals surface area (Å²) >= 11 is 4.16. The van der Waals surface area contributed by atoms with Crippen molar-refractivity contribution in [2.75, 3.05) is 58.1 Å². The van der Waals surface area contributed by atoms with Crippen molar-refractivity contribution < 1.29 is 58.5 Å². The van der Waals surface area contributed by atoms with E-state index in [0.717, 1.165) is 11.3 Å². The number of β-amino-alcohol motifs (C(OH)–C–C–N with tert-alkyl or cyclic N) is 2. The second kappa shape index (κ2) is 19.1. The van der Waals surface area contributed by atoms with Crippen LogP contribution >= 0.6 is 12.6 Å². The molecule has 5 aliphatic rings. The van der Waals surface area contributed by atoms with Crippen LogP contribution in [0.3, 0.4) is 0 Å². The summed E-state index contributed by atoms with van der Waals surface area (Å²) in [5.41, 5.74) is 0. The Balaban J connectivity index is 1.13. The van der Waals surface area contributed by atoms with E-state index in [4.69, 9.17) is 5.11 Å². The molecule has 5 fully saturated rings. The lowest BCUT2D eigenvalue weighted by Gasteiger charge is -2.32. The molecular formula is C34H51N9O12S. The van der Waals surface area contributed by atoms with Crippen LogP contribution in [-0.2, 0) is 43.2 Å². The third-order valence-electron chi connectivity index (χ3n) is 10.9. The van der Waals surface area contributed by atoms with Gasteiger partial charge in [0.15, 0.2) is 0 Å². The van der Waals surface area contributed by atoms with Gasteiger partial charge in [0.2, 0.25) is 47.3 Å². The Morgan fingerprint density at radius 1 is 0.643 bits per heavy atom. The molecule has 21 nitrogen and oxygen atoms in total. The number of nitrogens with zero attached hydrogens (tertiary/aromatic N) is 4. The predicted octanol–water partition coefficient (Wildman–Crippen LogP) is -5.51. The summed E-state index contributed by atoms with van der Waals surface area (Å²) in [7, 11) is 0. The van der Waals surface area contributed by atoms with Gasteiger partial charge in [-0.2, -0.15) is 12.6 Å². The van der Waals surface area contributed by atoms with Crippen molar-refractivity contribution in [2.45, 2.75) is 99.8 Å². The van der Waals surface area contributed by atoms with Crippen LogP contribution in [-0.4, -0.2) is 195 Å². The van der Waals surface area contributed by atoms with Gasteiger partial charge in [-0.1, -0.05) is 0 Å². The molecule has 310 valence electrons. The van der Waals surface area contributed by atoms with Crippen molar-refractivity contribution >= 4 is 65.9 Å². The average Bonchev–Trinajstić information content (AvgIpc) is 4.02. The lowest BCUT2D eigenvalue weighted by Crippen LogP contribution is -2.56. The number of amides is 8. The molecule has 0 aromatic rings. The maximum absolute atomic E-state index is 13.8. The summed E-state index contributed by atoms with van der Waals surface area (Å²) in [5, 5.41) is 42.5. The van der Waals surface area contributed by atoms with Gasteiger partial charge in [-0.05, 0) is 45.1 Å². The topological polar surface area (TPSA) is 287 Å². The first kappa shape index (κ1) is 42.6. The maximum atomic E-state index is 13.8. The Morgan fingerprint density at radius 3 is 1.61 bits per heavy atom. The van der Waals surface area contributed by atoms with E-state index in [1.165, 1.54) is 14.7 Å². The molecule has 5 rings (SSSR count). The summed E-state index contributed by atoms with van der Waals surface area (Å²) < 4.78 is 0. The molecule has 8 N–H and O–H groups in total. The molecule has 0 aromatic heterocycles. The number of nitrogens with one attached hydrogen (secondary N) is 5. The number of carboxylic acids is 1. The first-order valence-electron chi connectivity index (χ1n) is 19.0. The van der Waals surface area contributed by atoms with Crippen LogP contribution in [0, 0.1) is 0 Å². The fourth-order valence-electron chi connectivity index (χ4n) is 8.06. The molecule has 56 heavy (non-hydrogen) atoms. The highest BCUT2D eigenvalue weighted by Gasteiger charge is 2.47. The van der Waals surface area contributed by atoms with Gasteiger partial charge in [-0.25, -0.2) is 0 Å². The highest BCUT2D eigenvalue weighted by Crippen LogP contribution is 2.27. The maximum Gasteiger partial charge on any atom is 0.322 e. The monoisotopic (exact) mass is 809 g/mol. The number of carbonyl (C=O) groups excluding carboxylic acids is 8. The average molecular weight is 810 g/mol. The highest BCUT2D eigenvalue weighted by atomic mass is 32.1. The van der Waals surface area contributed by atoms with E-state index in [9.17, 15) is 53.4 Å². The van der Waals surface area contributed by atoms with E-state index in [2.05, 4.69) is 39.2 Å². The second-order valence-electron chi connectivity index (χ2n) is 14.7. The van der Waals surface area contributed by atoms with Gasteiger partial charge >= 0.3 is 5.97 Å². The van der Waals surface area contributed by atoms with Crippen LogP contribution in [0.2, 0.25) is 0 Å². The first-order chi connectivity index (χ1) is 26.7. The van der Waals surface area contributed by atoms with Gasteiger partial charge in [0.25, 0.3) is 0 Å². The van der Waals surface area contributed by atoms with Crippen molar-refractivity contribution in [3.8, 4) is 0 Å². The molecule has 5 aliphatic heterocycles. The van der Waals surface area contributed by atoms with E-state index >= 15 is 0 Å². The van der Waals surface area contributed by atoms with Crippen LogP contribution in [0.5, 0.6) is 0 Å². The summed E-state index contributed by atoms with van der Waals surface area (Å²) in [6, 6.07) is -5.63. The fourth-order valence-corrected chi connectivity index (χ4v) is 8.32. The van der Waals surface area contributed by atoms with Crippen LogP contribution in [0.25, 0.3) is 0 Å². The predicted molar refractivity (Wildman–Crippen MR) is 195 cm³/mol. The minimum Gasteiger partial charge on any atom is -0.480 e. The zero-order valence-electron chi connectivity index (χ0n) is 30.9. The molecule has 0 radical (unpaired) electrons. The number of rotatable bonds is 14. The molecule has 0 unspecified atom stereocenters. The van der Waals surface area contributed by atoms with E-state index in [1.807, 2.05) is 0 Å². The van der Waals surface area contributed by atoms with Crippen molar-refractivity contribution in [2.24, 2.45) is 0 Å². The van der Waals surface area contributed by atoms with Crippen LogP contribution < -0.4 is 26.6 Å². The summed E-state index contributed by atoms with van der Waals surface area (Å²) in [4.78, 5) is 121. The van der Waals surface area contributed by atoms with E-state index in [-0.39, 0.29) is 63.5 Å². The summed E-state index contributed by atoms with van der Waals surface area (Å²) in [6.07, 6.45) is 0.635. The third-order valence-corrected chi connectivity index (χ3v) is 11.2. The molecule has 8 amide bonds. The molecule has 22 heteroatoms. The fraction of sp³-hybridized carbons (Fsp3) is 0.735. The molecule has 0 aliphatic carbocycles. The molecule has 8 atom stereocenters. The van der Waals surface area contributed by atoms with Crippen LogP contribution in [0.1, 0.15) is 51.4 Å². The molecule has 0 aromatic carbocycles. The van der Waals surface area contributed by atoms with Crippen LogP contribution in [0.4, 0.5) is 0 Å². The number of carboxylic acid groups (broad SMARTS) is 1. The van der Waals surface area contributed by atoms with Gasteiger partial charge < -0.3 is 61.5 Å². The van der Waals surface area contributed by atoms with Gasteiger partial charge in [-0.3, -0.25) is 43.2 Å². The van der Waals surface area contributed by atoms with Gasteiger partial charge in [0.1, 0.15) is 36.8 Å². The number of likely N-dealkylation sites (tertiary alicyclic amines) is 4. The standard InChI is InChI=1S/C34H51N9O12S/c44-18-10-24(31(52)37-13-27(47)41-9-3-6-23(41)34(55)43-16-19(45)11-25(43)32(53)38-14-28(48)49)42(15-18)33(54)22-5-2-8-40(22)26(46)12-36-29(50)21(17-56)39-30(51)20-4-1-7-35-20/h18-25,35,44-45,56H,1-17H2,(H,36,50)(H,37,52)(H,38,53)(H,39,51)(H,48,49)/t18-,19-,20+,21+,22+,23+,24+,25+/m1/s1. The number of carbonyl (C=O) groups is 9. The third kappa shape index (κ3) is 10.1. The second-order valence-corrected chi connectivity index (χ2v) is 15.1. The van der Waals surface area contributed by atoms with Gasteiger partial charge in [0.05, 0.1) is 31.3 Å². The Hall–Kier alpha value is -4.54. The molecule has 0 spiro atoms. The quantitative estimate of drug-likeness (QED) is 0.0742. The number of hydrogen-bond acceptors (Lipinski definition) is 13. The number of thiol groups is 1. The minimum atomic E-state index is -1.28. The summed E-state index contributed by atoms with van der Waals surface area (Å²) in [6.45, 7) is -0.937. The zero-order valence-corrected chi connectivity index (χ0v) is 31.8. The SMILES string of the molecule is O=C(O)CNC(=O)[C@@H]1C[C@@H](O)CN1C(=O)[C@@H]1CCCN1C(=O)CNC(=O)[C@@H]1C[C@@H](O)CN1C(=O)[C@@H]1CCCN1C(=O)CNC(=O)[C@H](CS)NC(=O)[C@@H]1CCCN1. The summed E-state index contributed by atoms with van der Waals surface area (Å²) in [5.74, 6) is -6.03. The molecule has 0 bridgehead atoms. The lowest BCUT2D eigenvalue weighted by molar-refractivity contribution is -0.148. The van der Waals surface area contributed by atoms with E-state index in [1.54, 1.807) is 0 Å². The lowest BCUT2D eigenvalue weighted by atomic mass is 10.1. The Bertz CT molecular complexity index is 1560. The first-order valence-corrected chi connectivity index (χ1v) is 19.6. The molecule has 0 saturated carbocycles. The van der Waals surface area contributed by atoms with Crippen molar-refractivity contribution in [1.82, 2.24) is 46.2 Å². The highest BCUT2D eigenvalue weighted by molar-refractivity contribution is 7.80. The van der Waals surface area contributed by atoms with E-state index < -0.39 is 115 Å². The Labute approximate surface area is 328 Å².